The Morgan fingerprint density at radius 1 is 1.16 bits per heavy atom. The van der Waals surface area contributed by atoms with Crippen LogP contribution in [0.4, 0.5) is 0 Å². The summed E-state index contributed by atoms with van der Waals surface area (Å²) in [5, 5.41) is 8.19. The number of hydrogen-bond acceptors (Lipinski definition) is 2. The van der Waals surface area contributed by atoms with Gasteiger partial charge in [0.2, 0.25) is 5.91 Å². The Labute approximate surface area is 150 Å². The topological polar surface area (TPSA) is 56.9 Å². The summed E-state index contributed by atoms with van der Waals surface area (Å²) in [5.74, 6) is 0.179. The third kappa shape index (κ3) is 4.63. The zero-order valence-corrected chi connectivity index (χ0v) is 15.9. The first-order valence-electron chi connectivity index (χ1n) is 9.38. The van der Waals surface area contributed by atoms with Gasteiger partial charge in [0.15, 0.2) is 0 Å². The Hall–Kier alpha value is -1.81. The Morgan fingerprint density at radius 2 is 1.84 bits per heavy atom. The third-order valence-electron chi connectivity index (χ3n) is 5.08. The van der Waals surface area contributed by atoms with E-state index in [2.05, 4.69) is 67.7 Å². The van der Waals surface area contributed by atoms with Gasteiger partial charge < -0.3 is 15.6 Å². The first-order chi connectivity index (χ1) is 11.7. The number of piperidine rings is 1. The first-order valence-corrected chi connectivity index (χ1v) is 9.38. The fourth-order valence-corrected chi connectivity index (χ4v) is 4.50. The van der Waals surface area contributed by atoms with Crippen molar-refractivity contribution in [3.05, 3.63) is 36.0 Å². The molecule has 0 saturated carbocycles. The number of H-pyrrole nitrogens is 1. The predicted molar refractivity (Wildman–Crippen MR) is 104 cm³/mol. The minimum absolute atomic E-state index is 0.0593. The van der Waals surface area contributed by atoms with E-state index < -0.39 is 0 Å². The van der Waals surface area contributed by atoms with Crippen LogP contribution in [0.15, 0.2) is 30.5 Å². The molecule has 0 atom stereocenters. The number of nitrogens with one attached hydrogen (secondary N) is 3. The van der Waals surface area contributed by atoms with E-state index in [1.54, 1.807) is 0 Å². The van der Waals surface area contributed by atoms with Crippen LogP contribution in [-0.2, 0) is 11.2 Å². The van der Waals surface area contributed by atoms with Gasteiger partial charge in [-0.3, -0.25) is 4.79 Å². The Bertz CT molecular complexity index is 728. The summed E-state index contributed by atoms with van der Waals surface area (Å²) in [4.78, 5) is 15.7. The molecular formula is C21H31N3O. The lowest BCUT2D eigenvalue weighted by atomic mass is 9.79. The lowest BCUT2D eigenvalue weighted by molar-refractivity contribution is -0.122. The number of carbonyl (C=O) groups is 1. The van der Waals surface area contributed by atoms with Gasteiger partial charge in [-0.1, -0.05) is 18.2 Å². The van der Waals surface area contributed by atoms with Crippen LogP contribution in [0.25, 0.3) is 10.9 Å². The number of benzene rings is 1. The number of amides is 1. The number of para-hydroxylation sites is 1. The average molecular weight is 341 g/mol. The Kier molecular flexibility index (Phi) is 4.92. The van der Waals surface area contributed by atoms with E-state index in [4.69, 9.17) is 0 Å². The summed E-state index contributed by atoms with van der Waals surface area (Å²) < 4.78 is 0. The van der Waals surface area contributed by atoms with Crippen molar-refractivity contribution in [1.29, 1.82) is 0 Å². The van der Waals surface area contributed by atoms with Gasteiger partial charge in [-0.05, 0) is 65.0 Å². The molecule has 3 N–H and O–H groups in total. The summed E-state index contributed by atoms with van der Waals surface area (Å²) >= 11 is 0. The van der Waals surface area contributed by atoms with Crippen LogP contribution in [0.5, 0.6) is 0 Å². The number of fused-ring (bicyclic) bond motifs is 1. The van der Waals surface area contributed by atoms with E-state index in [-0.39, 0.29) is 23.0 Å². The second-order valence-electron chi connectivity index (χ2n) is 8.78. The number of carbonyl (C=O) groups excluding carboxylic acids is 1. The van der Waals surface area contributed by atoms with E-state index in [1.807, 2.05) is 6.07 Å². The zero-order valence-electron chi connectivity index (χ0n) is 15.9. The van der Waals surface area contributed by atoms with Gasteiger partial charge in [-0.2, -0.15) is 0 Å². The van der Waals surface area contributed by atoms with E-state index in [9.17, 15) is 4.79 Å². The van der Waals surface area contributed by atoms with Crippen molar-refractivity contribution in [1.82, 2.24) is 15.6 Å². The van der Waals surface area contributed by atoms with Gasteiger partial charge >= 0.3 is 0 Å². The van der Waals surface area contributed by atoms with Crippen LogP contribution in [0.2, 0.25) is 0 Å². The van der Waals surface area contributed by atoms with Crippen LogP contribution in [0.3, 0.4) is 0 Å². The fourth-order valence-electron chi connectivity index (χ4n) is 4.50. The van der Waals surface area contributed by atoms with E-state index in [0.717, 1.165) is 25.7 Å². The fraction of sp³-hybridized carbons (Fsp3) is 0.571. The Balaban J connectivity index is 1.50. The molecule has 3 rings (SSSR count). The highest BCUT2D eigenvalue weighted by Gasteiger charge is 2.37. The molecular weight excluding hydrogens is 310 g/mol. The third-order valence-corrected chi connectivity index (χ3v) is 5.08. The second-order valence-corrected chi connectivity index (χ2v) is 8.78. The number of aromatic amines is 1. The number of aryl methyl sites for hydroxylation is 1. The lowest BCUT2D eigenvalue weighted by Crippen LogP contribution is -2.62. The molecule has 0 unspecified atom stereocenters. The maximum atomic E-state index is 12.4. The quantitative estimate of drug-likeness (QED) is 0.772. The molecule has 0 aliphatic carbocycles. The van der Waals surface area contributed by atoms with Gasteiger partial charge in [0.05, 0.1) is 0 Å². The predicted octanol–water partition coefficient (Wildman–Crippen LogP) is 3.92. The standard InChI is InChI=1S/C21H31N3O/c1-20(2)12-16(13-21(3,4)24-20)23-19(25)11-7-8-15-14-22-18-10-6-5-9-17(15)18/h5-6,9-10,14,16,22,24H,7-8,11-13H2,1-4H3,(H,23,25). The summed E-state index contributed by atoms with van der Waals surface area (Å²) in [7, 11) is 0. The molecule has 4 heteroatoms. The minimum Gasteiger partial charge on any atom is -0.361 e. The van der Waals surface area contributed by atoms with Crippen molar-refractivity contribution in [2.24, 2.45) is 0 Å². The molecule has 0 radical (unpaired) electrons. The molecule has 1 fully saturated rings. The molecule has 1 amide bonds. The number of rotatable bonds is 5. The van der Waals surface area contributed by atoms with Gasteiger partial charge in [0, 0.05) is 40.6 Å². The largest absolute Gasteiger partial charge is 0.361 e. The molecule has 1 saturated heterocycles. The summed E-state index contributed by atoms with van der Waals surface area (Å²) in [6.45, 7) is 8.85. The van der Waals surface area contributed by atoms with Crippen molar-refractivity contribution in [3.63, 3.8) is 0 Å². The molecule has 25 heavy (non-hydrogen) atoms. The summed E-state index contributed by atoms with van der Waals surface area (Å²) in [6.07, 6.45) is 6.42. The van der Waals surface area contributed by atoms with Gasteiger partial charge in [0.25, 0.3) is 0 Å². The van der Waals surface area contributed by atoms with Crippen molar-refractivity contribution < 1.29 is 4.79 Å². The number of hydrogen-bond donors (Lipinski definition) is 3. The first kappa shape index (κ1) is 18.0. The van der Waals surface area contributed by atoms with Gasteiger partial charge in [-0.15, -0.1) is 0 Å². The highest BCUT2D eigenvalue weighted by molar-refractivity contribution is 5.83. The highest BCUT2D eigenvalue weighted by atomic mass is 16.1. The van der Waals surface area contributed by atoms with Crippen LogP contribution in [-0.4, -0.2) is 28.0 Å². The maximum Gasteiger partial charge on any atom is 0.220 e. The Morgan fingerprint density at radius 3 is 2.56 bits per heavy atom. The second kappa shape index (κ2) is 6.83. The molecule has 1 aliphatic heterocycles. The average Bonchev–Trinajstić information content (AvgIpc) is 2.87. The molecule has 1 aliphatic rings. The van der Waals surface area contributed by atoms with Crippen LogP contribution in [0, 0.1) is 0 Å². The highest BCUT2D eigenvalue weighted by Crippen LogP contribution is 2.28. The normalized spacial score (nSPS) is 19.8. The minimum atomic E-state index is 0.0593. The lowest BCUT2D eigenvalue weighted by Gasteiger charge is -2.46. The SMILES string of the molecule is CC1(C)CC(NC(=O)CCCc2c[nH]c3ccccc23)CC(C)(C)N1. The molecule has 1 aromatic carbocycles. The molecule has 0 spiro atoms. The van der Waals surface area contributed by atoms with E-state index >= 15 is 0 Å². The monoisotopic (exact) mass is 341 g/mol. The van der Waals surface area contributed by atoms with Crippen molar-refractivity contribution in [3.8, 4) is 0 Å². The van der Waals surface area contributed by atoms with E-state index in [0.29, 0.717) is 6.42 Å². The molecule has 1 aromatic heterocycles. The molecule has 2 heterocycles. The summed E-state index contributed by atoms with van der Waals surface area (Å²) in [5.41, 5.74) is 2.58. The molecule has 4 nitrogen and oxygen atoms in total. The van der Waals surface area contributed by atoms with Crippen LogP contribution in [0.1, 0.15) is 58.9 Å². The zero-order chi connectivity index (χ0) is 18.1. The molecule has 2 aromatic rings. The molecule has 136 valence electrons. The van der Waals surface area contributed by atoms with E-state index in [1.165, 1.54) is 16.5 Å². The number of aromatic nitrogens is 1. The van der Waals surface area contributed by atoms with Gasteiger partial charge in [0.1, 0.15) is 0 Å². The van der Waals surface area contributed by atoms with Crippen molar-refractivity contribution in [2.45, 2.75) is 76.9 Å². The van der Waals surface area contributed by atoms with Crippen LogP contribution >= 0.6 is 0 Å². The molecule has 0 bridgehead atoms. The van der Waals surface area contributed by atoms with Crippen molar-refractivity contribution >= 4 is 16.8 Å². The van der Waals surface area contributed by atoms with Crippen LogP contribution < -0.4 is 10.6 Å². The summed E-state index contributed by atoms with van der Waals surface area (Å²) in [6, 6.07) is 8.59. The maximum absolute atomic E-state index is 12.4. The van der Waals surface area contributed by atoms with Crippen molar-refractivity contribution in [2.75, 3.05) is 0 Å². The van der Waals surface area contributed by atoms with Gasteiger partial charge in [-0.25, -0.2) is 0 Å². The smallest absolute Gasteiger partial charge is 0.220 e.